The zero-order valence-electron chi connectivity index (χ0n) is 13.1. The molecule has 1 aliphatic rings. The Morgan fingerprint density at radius 3 is 2.60 bits per heavy atom. The zero-order valence-corrected chi connectivity index (χ0v) is 13.1. The molecule has 1 aliphatic heterocycles. The van der Waals surface area contributed by atoms with Crippen LogP contribution in [0.5, 0.6) is 0 Å². The fraction of sp³-hybridized carbons (Fsp3) is 0.278. The molecule has 2 aromatic carbocycles. The molecule has 2 aromatic rings. The molecule has 0 bridgehead atoms. The predicted molar refractivity (Wildman–Crippen MR) is 84.4 cm³/mol. The van der Waals surface area contributed by atoms with Crippen LogP contribution in [-0.2, 0) is 6.54 Å². The summed E-state index contributed by atoms with van der Waals surface area (Å²) < 4.78 is 53.5. The second-order valence-corrected chi connectivity index (χ2v) is 6.08. The highest BCUT2D eigenvalue weighted by atomic mass is 19.4. The second kappa shape index (κ2) is 6.48. The first kappa shape index (κ1) is 17.4. The maximum atomic E-state index is 14.2. The summed E-state index contributed by atoms with van der Waals surface area (Å²) in [6.07, 6.45) is -5.59. The maximum Gasteiger partial charge on any atom is 0.389 e. The molecule has 3 N–H and O–H groups in total. The molecule has 0 aliphatic carbocycles. The van der Waals surface area contributed by atoms with E-state index in [1.807, 2.05) is 0 Å². The van der Waals surface area contributed by atoms with Crippen molar-refractivity contribution in [3.05, 3.63) is 70.5 Å². The lowest BCUT2D eigenvalue weighted by atomic mass is 9.84. The van der Waals surface area contributed by atoms with Crippen LogP contribution in [0, 0.1) is 5.82 Å². The van der Waals surface area contributed by atoms with E-state index in [1.165, 1.54) is 24.3 Å². The molecule has 0 radical (unpaired) electrons. The number of hydrogen-bond donors (Lipinski definition) is 2. The van der Waals surface area contributed by atoms with E-state index in [2.05, 4.69) is 5.32 Å². The lowest BCUT2D eigenvalue weighted by Crippen LogP contribution is -2.26. The quantitative estimate of drug-likeness (QED) is 0.823. The van der Waals surface area contributed by atoms with E-state index in [1.54, 1.807) is 12.1 Å². The van der Waals surface area contributed by atoms with E-state index < -0.39 is 36.3 Å². The van der Waals surface area contributed by atoms with Gasteiger partial charge in [-0.1, -0.05) is 24.3 Å². The Morgan fingerprint density at radius 1 is 1.24 bits per heavy atom. The average molecular weight is 352 g/mol. The third kappa shape index (κ3) is 3.66. The first-order valence-electron chi connectivity index (χ1n) is 7.73. The number of halogens is 4. The maximum absolute atomic E-state index is 14.2. The Kier molecular flexibility index (Phi) is 4.51. The van der Waals surface area contributed by atoms with Gasteiger partial charge in [-0.3, -0.25) is 4.79 Å². The summed E-state index contributed by atoms with van der Waals surface area (Å²) in [6, 6.07) is 9.43. The first-order chi connectivity index (χ1) is 11.8. The lowest BCUT2D eigenvalue weighted by Gasteiger charge is -2.26. The SMILES string of the molecule is NC(=O)c1ccc2c(c1)CNC2[C@H](CC(F)(F)F)c1ccccc1F. The van der Waals surface area contributed by atoms with Crippen molar-refractivity contribution in [1.29, 1.82) is 0 Å². The van der Waals surface area contributed by atoms with Gasteiger partial charge in [-0.05, 0) is 34.9 Å². The van der Waals surface area contributed by atoms with Gasteiger partial charge in [0.05, 0.1) is 6.42 Å². The fourth-order valence-corrected chi connectivity index (χ4v) is 3.34. The third-order valence-corrected chi connectivity index (χ3v) is 4.43. The number of rotatable bonds is 4. The topological polar surface area (TPSA) is 55.1 Å². The Hall–Kier alpha value is -2.41. The van der Waals surface area contributed by atoms with E-state index in [0.717, 1.165) is 6.07 Å². The minimum Gasteiger partial charge on any atom is -0.366 e. The van der Waals surface area contributed by atoms with E-state index >= 15 is 0 Å². The summed E-state index contributed by atoms with van der Waals surface area (Å²) in [7, 11) is 0. The molecule has 7 heteroatoms. The van der Waals surface area contributed by atoms with Crippen LogP contribution >= 0.6 is 0 Å². The van der Waals surface area contributed by atoms with E-state index in [0.29, 0.717) is 23.2 Å². The van der Waals surface area contributed by atoms with Gasteiger partial charge in [0.1, 0.15) is 5.82 Å². The molecular formula is C18H16F4N2O. The van der Waals surface area contributed by atoms with Crippen LogP contribution in [0.3, 0.4) is 0 Å². The Bertz CT molecular complexity index is 804. The molecule has 25 heavy (non-hydrogen) atoms. The highest BCUT2D eigenvalue weighted by Gasteiger charge is 2.40. The molecule has 3 nitrogen and oxygen atoms in total. The van der Waals surface area contributed by atoms with Crippen molar-refractivity contribution >= 4 is 5.91 Å². The van der Waals surface area contributed by atoms with Crippen LogP contribution < -0.4 is 11.1 Å². The van der Waals surface area contributed by atoms with Crippen LogP contribution in [0.15, 0.2) is 42.5 Å². The van der Waals surface area contributed by atoms with Gasteiger partial charge in [-0.15, -0.1) is 0 Å². The monoisotopic (exact) mass is 352 g/mol. The standard InChI is InChI=1S/C18H16F4N2O/c19-15-4-2-1-3-13(15)14(8-18(20,21)22)16-12-6-5-10(17(23)25)7-11(12)9-24-16/h1-7,14,16,24H,8-9H2,(H2,23,25)/t14-,16?/m1/s1. The minimum atomic E-state index is -4.44. The van der Waals surface area contributed by atoms with Crippen LogP contribution in [0.25, 0.3) is 0 Å². The predicted octanol–water partition coefficient (Wildman–Crippen LogP) is 3.81. The van der Waals surface area contributed by atoms with Crippen LogP contribution in [0.4, 0.5) is 17.6 Å². The number of alkyl halides is 3. The van der Waals surface area contributed by atoms with Crippen molar-refractivity contribution in [1.82, 2.24) is 5.32 Å². The Morgan fingerprint density at radius 2 is 1.96 bits per heavy atom. The number of primary amides is 1. The highest BCUT2D eigenvalue weighted by molar-refractivity contribution is 5.93. The molecule has 0 saturated heterocycles. The molecule has 3 rings (SSSR count). The van der Waals surface area contributed by atoms with Crippen LogP contribution in [0.1, 0.15) is 45.4 Å². The molecule has 0 saturated carbocycles. The molecule has 1 unspecified atom stereocenters. The van der Waals surface area contributed by atoms with Crippen molar-refractivity contribution in [2.75, 3.05) is 0 Å². The third-order valence-electron chi connectivity index (χ3n) is 4.43. The van der Waals surface area contributed by atoms with Gasteiger partial charge in [-0.25, -0.2) is 4.39 Å². The first-order valence-corrected chi connectivity index (χ1v) is 7.73. The number of hydrogen-bond acceptors (Lipinski definition) is 2. The van der Waals surface area contributed by atoms with Gasteiger partial charge in [0.15, 0.2) is 0 Å². The molecule has 1 amide bonds. The Labute approximate surface area is 141 Å². The summed E-state index contributed by atoms with van der Waals surface area (Å²) in [6.45, 7) is 0.296. The molecular weight excluding hydrogens is 336 g/mol. The summed E-state index contributed by atoms with van der Waals surface area (Å²) in [5.41, 5.74) is 6.87. The van der Waals surface area contributed by atoms with Crippen molar-refractivity contribution in [2.45, 2.75) is 31.1 Å². The van der Waals surface area contributed by atoms with Crippen LogP contribution in [0.2, 0.25) is 0 Å². The lowest BCUT2D eigenvalue weighted by molar-refractivity contribution is -0.140. The summed E-state index contributed by atoms with van der Waals surface area (Å²) in [5.74, 6) is -2.38. The van der Waals surface area contributed by atoms with Gasteiger partial charge in [0.2, 0.25) is 5.91 Å². The van der Waals surface area contributed by atoms with Crippen molar-refractivity contribution < 1.29 is 22.4 Å². The number of benzene rings is 2. The molecule has 132 valence electrons. The number of carbonyl (C=O) groups is 1. The number of fused-ring (bicyclic) bond motifs is 1. The van der Waals surface area contributed by atoms with Gasteiger partial charge < -0.3 is 11.1 Å². The van der Waals surface area contributed by atoms with Gasteiger partial charge >= 0.3 is 6.18 Å². The fourth-order valence-electron chi connectivity index (χ4n) is 3.34. The summed E-state index contributed by atoms with van der Waals surface area (Å²) in [4.78, 5) is 11.3. The Balaban J connectivity index is 2.02. The number of nitrogens with two attached hydrogens (primary N) is 1. The molecule has 1 heterocycles. The average Bonchev–Trinajstić information content (AvgIpc) is 2.95. The largest absolute Gasteiger partial charge is 0.389 e. The van der Waals surface area contributed by atoms with Gasteiger partial charge in [0.25, 0.3) is 0 Å². The zero-order chi connectivity index (χ0) is 18.2. The molecule has 0 aromatic heterocycles. The number of amides is 1. The van der Waals surface area contributed by atoms with Gasteiger partial charge in [0, 0.05) is 24.1 Å². The molecule has 0 spiro atoms. The second-order valence-electron chi connectivity index (χ2n) is 6.08. The van der Waals surface area contributed by atoms with Crippen molar-refractivity contribution in [2.24, 2.45) is 5.73 Å². The van der Waals surface area contributed by atoms with Crippen LogP contribution in [-0.4, -0.2) is 12.1 Å². The minimum absolute atomic E-state index is 0.0177. The van der Waals surface area contributed by atoms with E-state index in [4.69, 9.17) is 5.73 Å². The van der Waals surface area contributed by atoms with E-state index in [-0.39, 0.29) is 5.56 Å². The number of carbonyl (C=O) groups excluding carboxylic acids is 1. The molecule has 0 fully saturated rings. The smallest absolute Gasteiger partial charge is 0.366 e. The normalized spacial score (nSPS) is 18.0. The van der Waals surface area contributed by atoms with Gasteiger partial charge in [-0.2, -0.15) is 13.2 Å². The van der Waals surface area contributed by atoms with E-state index in [9.17, 15) is 22.4 Å². The summed E-state index contributed by atoms with van der Waals surface area (Å²) >= 11 is 0. The van der Waals surface area contributed by atoms with Crippen molar-refractivity contribution in [3.63, 3.8) is 0 Å². The van der Waals surface area contributed by atoms with Crippen molar-refractivity contribution in [3.8, 4) is 0 Å². The summed E-state index contributed by atoms with van der Waals surface area (Å²) in [5, 5.41) is 3.02. The number of nitrogens with one attached hydrogen (secondary N) is 1. The molecule has 2 atom stereocenters. The highest BCUT2D eigenvalue weighted by Crippen LogP contribution is 2.43.